The predicted octanol–water partition coefficient (Wildman–Crippen LogP) is 3.67. The first-order valence-corrected chi connectivity index (χ1v) is 5.76. The molecule has 1 aromatic carbocycles. The van der Waals surface area contributed by atoms with Crippen molar-refractivity contribution in [2.75, 3.05) is 5.73 Å². The Labute approximate surface area is 117 Å². The lowest BCUT2D eigenvalue weighted by Crippen LogP contribution is -1.99. The van der Waals surface area contributed by atoms with Crippen molar-refractivity contribution in [2.24, 2.45) is 0 Å². The lowest BCUT2D eigenvalue weighted by atomic mass is 10.3. The number of benzene rings is 1. The average molecular weight is 300 g/mol. The maximum Gasteiger partial charge on any atom is 0.311 e. The van der Waals surface area contributed by atoms with Crippen LogP contribution in [0.3, 0.4) is 0 Å². The van der Waals surface area contributed by atoms with E-state index in [1.807, 2.05) is 0 Å². The summed E-state index contributed by atoms with van der Waals surface area (Å²) in [4.78, 5) is 13.7. The second-order valence-electron chi connectivity index (χ2n) is 3.52. The standard InChI is InChI=1S/C11H7Cl2N3O3/c12-6-3-7(13)5-8(4-6)19-10-2-1-9(16(17)18)11(14)15-10/h1-5H,(H2,14,15). The molecular weight excluding hydrogens is 293 g/mol. The van der Waals surface area contributed by atoms with Crippen LogP contribution in [0.15, 0.2) is 30.3 Å². The zero-order valence-corrected chi connectivity index (χ0v) is 10.9. The van der Waals surface area contributed by atoms with Gasteiger partial charge >= 0.3 is 5.69 Å². The highest BCUT2D eigenvalue weighted by atomic mass is 35.5. The number of nitrogens with zero attached hydrogens (tertiary/aromatic N) is 2. The van der Waals surface area contributed by atoms with Crippen molar-refractivity contribution in [1.29, 1.82) is 0 Å². The van der Waals surface area contributed by atoms with E-state index in [4.69, 9.17) is 33.7 Å². The third-order valence-electron chi connectivity index (χ3n) is 2.13. The molecule has 19 heavy (non-hydrogen) atoms. The smallest absolute Gasteiger partial charge is 0.311 e. The molecule has 0 aliphatic heterocycles. The lowest BCUT2D eigenvalue weighted by molar-refractivity contribution is -0.384. The summed E-state index contributed by atoms with van der Waals surface area (Å²) >= 11 is 11.6. The normalized spacial score (nSPS) is 10.2. The lowest BCUT2D eigenvalue weighted by Gasteiger charge is -2.06. The Kier molecular flexibility index (Phi) is 3.73. The van der Waals surface area contributed by atoms with Crippen molar-refractivity contribution >= 4 is 34.7 Å². The van der Waals surface area contributed by atoms with Gasteiger partial charge in [-0.3, -0.25) is 10.1 Å². The van der Waals surface area contributed by atoms with Gasteiger partial charge in [-0.05, 0) is 18.2 Å². The van der Waals surface area contributed by atoms with Crippen molar-refractivity contribution in [3.05, 3.63) is 50.5 Å². The number of halogens is 2. The number of nitrogens with two attached hydrogens (primary N) is 1. The molecule has 0 radical (unpaired) electrons. The number of rotatable bonds is 3. The maximum absolute atomic E-state index is 10.6. The summed E-state index contributed by atoms with van der Waals surface area (Å²) in [5.41, 5.74) is 5.17. The summed E-state index contributed by atoms with van der Waals surface area (Å²) in [6.07, 6.45) is 0. The summed E-state index contributed by atoms with van der Waals surface area (Å²) in [6.45, 7) is 0. The summed E-state index contributed by atoms with van der Waals surface area (Å²) in [6, 6.07) is 7.17. The van der Waals surface area contributed by atoms with Gasteiger partial charge in [-0.1, -0.05) is 23.2 Å². The van der Waals surface area contributed by atoms with E-state index in [2.05, 4.69) is 4.98 Å². The van der Waals surface area contributed by atoms with Crippen LogP contribution in [0.4, 0.5) is 11.5 Å². The highest BCUT2D eigenvalue weighted by Crippen LogP contribution is 2.29. The number of aromatic nitrogens is 1. The number of anilines is 1. The van der Waals surface area contributed by atoms with Gasteiger partial charge in [-0.2, -0.15) is 4.98 Å². The number of ether oxygens (including phenoxy) is 1. The number of hydrogen-bond donors (Lipinski definition) is 1. The SMILES string of the molecule is Nc1nc(Oc2cc(Cl)cc(Cl)c2)ccc1[N+](=O)[O-]. The Morgan fingerprint density at radius 3 is 2.37 bits per heavy atom. The third kappa shape index (κ3) is 3.24. The molecule has 0 saturated heterocycles. The Bertz CT molecular complexity index is 629. The first kappa shape index (κ1) is 13.4. The van der Waals surface area contributed by atoms with Crippen LogP contribution in [0.2, 0.25) is 10.0 Å². The van der Waals surface area contributed by atoms with Gasteiger partial charge < -0.3 is 10.5 Å². The van der Waals surface area contributed by atoms with E-state index in [1.54, 1.807) is 6.07 Å². The van der Waals surface area contributed by atoms with Crippen LogP contribution < -0.4 is 10.5 Å². The first-order valence-electron chi connectivity index (χ1n) is 5.00. The molecule has 0 saturated carbocycles. The van der Waals surface area contributed by atoms with E-state index in [0.717, 1.165) is 0 Å². The molecule has 98 valence electrons. The van der Waals surface area contributed by atoms with Gasteiger partial charge in [0.05, 0.1) is 4.92 Å². The monoisotopic (exact) mass is 299 g/mol. The third-order valence-corrected chi connectivity index (χ3v) is 2.57. The molecule has 6 nitrogen and oxygen atoms in total. The van der Waals surface area contributed by atoms with Crippen LogP contribution in [-0.4, -0.2) is 9.91 Å². The van der Waals surface area contributed by atoms with E-state index < -0.39 is 4.92 Å². The predicted molar refractivity (Wildman–Crippen MR) is 71.8 cm³/mol. The minimum absolute atomic E-state index is 0.112. The molecule has 2 N–H and O–H groups in total. The van der Waals surface area contributed by atoms with Crippen LogP contribution in [-0.2, 0) is 0 Å². The van der Waals surface area contributed by atoms with Gasteiger partial charge in [-0.15, -0.1) is 0 Å². The highest BCUT2D eigenvalue weighted by Gasteiger charge is 2.13. The van der Waals surface area contributed by atoms with Gasteiger partial charge in [0.1, 0.15) is 5.75 Å². The number of hydrogen-bond acceptors (Lipinski definition) is 5. The van der Waals surface area contributed by atoms with Crippen molar-refractivity contribution in [1.82, 2.24) is 4.98 Å². The largest absolute Gasteiger partial charge is 0.439 e. The zero-order valence-electron chi connectivity index (χ0n) is 9.34. The maximum atomic E-state index is 10.6. The van der Waals surface area contributed by atoms with Crippen molar-refractivity contribution in [2.45, 2.75) is 0 Å². The highest BCUT2D eigenvalue weighted by molar-refractivity contribution is 6.34. The molecular formula is C11H7Cl2N3O3. The van der Waals surface area contributed by atoms with Crippen LogP contribution >= 0.6 is 23.2 Å². The van der Waals surface area contributed by atoms with Crippen LogP contribution in [0.25, 0.3) is 0 Å². The van der Waals surface area contributed by atoms with Gasteiger partial charge in [-0.25, -0.2) is 0 Å². The molecule has 1 aromatic heterocycles. The average Bonchev–Trinajstić information content (AvgIpc) is 2.26. The minimum atomic E-state index is -0.623. The topological polar surface area (TPSA) is 91.3 Å². The summed E-state index contributed by atoms with van der Waals surface area (Å²) in [5, 5.41) is 11.4. The molecule has 0 fully saturated rings. The molecule has 0 bridgehead atoms. The summed E-state index contributed by atoms with van der Waals surface area (Å²) < 4.78 is 5.37. The van der Waals surface area contributed by atoms with Crippen molar-refractivity contribution in [3.63, 3.8) is 0 Å². The fraction of sp³-hybridized carbons (Fsp3) is 0. The Balaban J connectivity index is 2.28. The van der Waals surface area contributed by atoms with Crippen LogP contribution in [0.5, 0.6) is 11.6 Å². The number of pyridine rings is 1. The fourth-order valence-corrected chi connectivity index (χ4v) is 1.87. The zero-order chi connectivity index (χ0) is 14.0. The minimum Gasteiger partial charge on any atom is -0.439 e. The van der Waals surface area contributed by atoms with Gasteiger partial charge in [0, 0.05) is 22.2 Å². The number of nitro groups is 1. The second kappa shape index (κ2) is 5.29. The molecule has 1 heterocycles. The molecule has 8 heteroatoms. The van der Waals surface area contributed by atoms with Crippen molar-refractivity contribution < 1.29 is 9.66 Å². The fourth-order valence-electron chi connectivity index (χ4n) is 1.37. The van der Waals surface area contributed by atoms with Crippen LogP contribution in [0, 0.1) is 10.1 Å². The second-order valence-corrected chi connectivity index (χ2v) is 4.39. The molecule has 2 rings (SSSR count). The first-order chi connectivity index (χ1) is 8.95. The summed E-state index contributed by atoms with van der Waals surface area (Å²) in [5.74, 6) is 0.246. The van der Waals surface area contributed by atoms with Crippen LogP contribution in [0.1, 0.15) is 0 Å². The van der Waals surface area contributed by atoms with E-state index in [1.165, 1.54) is 24.3 Å². The van der Waals surface area contributed by atoms with E-state index >= 15 is 0 Å². The quantitative estimate of drug-likeness (QED) is 0.689. The Morgan fingerprint density at radius 1 is 1.21 bits per heavy atom. The van der Waals surface area contributed by atoms with E-state index in [9.17, 15) is 10.1 Å². The van der Waals surface area contributed by atoms with E-state index in [0.29, 0.717) is 15.8 Å². The van der Waals surface area contributed by atoms with E-state index in [-0.39, 0.29) is 17.4 Å². The van der Waals surface area contributed by atoms with Gasteiger partial charge in [0.2, 0.25) is 11.7 Å². The number of nitrogen functional groups attached to an aromatic ring is 1. The van der Waals surface area contributed by atoms with Gasteiger partial charge in [0.15, 0.2) is 0 Å². The molecule has 2 aromatic rings. The Hall–Kier alpha value is -2.05. The molecule has 0 unspecified atom stereocenters. The summed E-state index contributed by atoms with van der Waals surface area (Å²) in [7, 11) is 0. The molecule has 0 atom stereocenters. The molecule has 0 aliphatic carbocycles. The van der Waals surface area contributed by atoms with Gasteiger partial charge in [0.25, 0.3) is 0 Å². The molecule has 0 spiro atoms. The molecule has 0 aliphatic rings. The van der Waals surface area contributed by atoms with Crippen molar-refractivity contribution in [3.8, 4) is 11.6 Å². The Morgan fingerprint density at radius 2 is 1.84 bits per heavy atom. The molecule has 0 amide bonds.